The SMILES string of the molecule is CCCCOC(=O)CC1(C)CCC=C1C. The van der Waals surface area contributed by atoms with E-state index in [9.17, 15) is 4.79 Å². The van der Waals surface area contributed by atoms with E-state index in [-0.39, 0.29) is 11.4 Å². The summed E-state index contributed by atoms with van der Waals surface area (Å²) in [6, 6.07) is 0. The van der Waals surface area contributed by atoms with Gasteiger partial charge in [0.2, 0.25) is 0 Å². The lowest BCUT2D eigenvalue weighted by molar-refractivity contribution is -0.145. The van der Waals surface area contributed by atoms with E-state index in [4.69, 9.17) is 4.74 Å². The predicted octanol–water partition coefficient (Wildman–Crippen LogP) is 3.47. The molecule has 86 valence electrons. The normalized spacial score (nSPS) is 25.1. The number of carbonyl (C=O) groups excluding carboxylic acids is 1. The largest absolute Gasteiger partial charge is 0.466 e. The second kappa shape index (κ2) is 5.34. The number of allylic oxidation sites excluding steroid dienone is 2. The van der Waals surface area contributed by atoms with Gasteiger partial charge >= 0.3 is 5.97 Å². The van der Waals surface area contributed by atoms with Gasteiger partial charge in [-0.25, -0.2) is 0 Å². The minimum Gasteiger partial charge on any atom is -0.466 e. The van der Waals surface area contributed by atoms with Crippen LogP contribution in [-0.2, 0) is 9.53 Å². The summed E-state index contributed by atoms with van der Waals surface area (Å²) < 4.78 is 5.19. The van der Waals surface area contributed by atoms with Gasteiger partial charge in [0, 0.05) is 0 Å². The number of hydrogen-bond acceptors (Lipinski definition) is 2. The fourth-order valence-corrected chi connectivity index (χ4v) is 1.98. The quantitative estimate of drug-likeness (QED) is 0.394. The zero-order chi connectivity index (χ0) is 11.3. The lowest BCUT2D eigenvalue weighted by atomic mass is 9.81. The molecular weight excluding hydrogens is 188 g/mol. The molecule has 0 aromatic heterocycles. The fraction of sp³-hybridized carbons (Fsp3) is 0.769. The van der Waals surface area contributed by atoms with E-state index in [1.807, 2.05) is 0 Å². The van der Waals surface area contributed by atoms with E-state index < -0.39 is 0 Å². The van der Waals surface area contributed by atoms with Crippen molar-refractivity contribution in [3.05, 3.63) is 11.6 Å². The summed E-state index contributed by atoms with van der Waals surface area (Å²) in [5.41, 5.74) is 1.40. The van der Waals surface area contributed by atoms with Gasteiger partial charge < -0.3 is 4.74 Å². The van der Waals surface area contributed by atoms with Crippen LogP contribution in [0.25, 0.3) is 0 Å². The number of carbonyl (C=O) groups is 1. The first-order valence-corrected chi connectivity index (χ1v) is 5.91. The monoisotopic (exact) mass is 210 g/mol. The Labute approximate surface area is 92.7 Å². The Morgan fingerprint density at radius 3 is 2.87 bits per heavy atom. The van der Waals surface area contributed by atoms with E-state index >= 15 is 0 Å². The number of hydrogen-bond donors (Lipinski definition) is 0. The summed E-state index contributed by atoms with van der Waals surface area (Å²) in [5.74, 6) is -0.0411. The topological polar surface area (TPSA) is 26.3 Å². The molecule has 0 spiro atoms. The number of rotatable bonds is 5. The maximum Gasteiger partial charge on any atom is 0.306 e. The maximum atomic E-state index is 11.6. The lowest BCUT2D eigenvalue weighted by Crippen LogP contribution is -2.21. The van der Waals surface area contributed by atoms with Crippen LogP contribution in [-0.4, -0.2) is 12.6 Å². The minimum atomic E-state index is -0.0411. The van der Waals surface area contributed by atoms with Crippen molar-refractivity contribution in [1.82, 2.24) is 0 Å². The van der Waals surface area contributed by atoms with Gasteiger partial charge in [0.15, 0.2) is 0 Å². The Morgan fingerprint density at radius 1 is 1.60 bits per heavy atom. The molecule has 15 heavy (non-hydrogen) atoms. The second-order valence-corrected chi connectivity index (χ2v) is 4.74. The highest BCUT2D eigenvalue weighted by atomic mass is 16.5. The highest BCUT2D eigenvalue weighted by molar-refractivity contribution is 5.71. The molecule has 1 aliphatic rings. The molecule has 0 saturated carbocycles. The van der Waals surface area contributed by atoms with Crippen LogP contribution >= 0.6 is 0 Å². The van der Waals surface area contributed by atoms with Crippen LogP contribution in [0.3, 0.4) is 0 Å². The smallest absolute Gasteiger partial charge is 0.306 e. The zero-order valence-corrected chi connectivity index (χ0v) is 10.1. The molecule has 0 amide bonds. The van der Waals surface area contributed by atoms with E-state index in [1.54, 1.807) is 0 Å². The molecule has 1 rings (SSSR count). The van der Waals surface area contributed by atoms with Gasteiger partial charge in [-0.1, -0.05) is 31.9 Å². The Balaban J connectivity index is 2.34. The van der Waals surface area contributed by atoms with Gasteiger partial charge in [-0.05, 0) is 31.6 Å². The number of unbranched alkanes of at least 4 members (excludes halogenated alkanes) is 1. The van der Waals surface area contributed by atoms with Gasteiger partial charge in [0.05, 0.1) is 13.0 Å². The van der Waals surface area contributed by atoms with E-state index in [0.717, 1.165) is 25.7 Å². The zero-order valence-electron chi connectivity index (χ0n) is 10.1. The molecule has 2 nitrogen and oxygen atoms in total. The van der Waals surface area contributed by atoms with E-state index in [2.05, 4.69) is 26.8 Å². The van der Waals surface area contributed by atoms with Crippen LogP contribution < -0.4 is 0 Å². The van der Waals surface area contributed by atoms with Crippen molar-refractivity contribution in [3.63, 3.8) is 0 Å². The molecule has 0 aliphatic heterocycles. The third-order valence-corrected chi connectivity index (χ3v) is 3.39. The summed E-state index contributed by atoms with van der Waals surface area (Å²) >= 11 is 0. The van der Waals surface area contributed by atoms with Crippen molar-refractivity contribution >= 4 is 5.97 Å². The molecule has 1 atom stereocenters. The first kappa shape index (κ1) is 12.3. The van der Waals surface area contributed by atoms with Crippen LogP contribution in [0.5, 0.6) is 0 Å². The van der Waals surface area contributed by atoms with Crippen LogP contribution in [0.15, 0.2) is 11.6 Å². The average molecular weight is 210 g/mol. The molecule has 0 radical (unpaired) electrons. The Hall–Kier alpha value is -0.790. The molecule has 0 aromatic carbocycles. The maximum absolute atomic E-state index is 11.6. The molecule has 0 heterocycles. The lowest BCUT2D eigenvalue weighted by Gasteiger charge is -2.24. The summed E-state index contributed by atoms with van der Waals surface area (Å²) in [4.78, 5) is 11.6. The highest BCUT2D eigenvalue weighted by Gasteiger charge is 2.32. The van der Waals surface area contributed by atoms with E-state index in [1.165, 1.54) is 5.57 Å². The molecule has 2 heteroatoms. The van der Waals surface area contributed by atoms with Crippen LogP contribution in [0.1, 0.15) is 52.9 Å². The molecule has 0 bridgehead atoms. The van der Waals surface area contributed by atoms with Crippen LogP contribution in [0.4, 0.5) is 0 Å². The molecule has 0 fully saturated rings. The molecule has 1 unspecified atom stereocenters. The highest BCUT2D eigenvalue weighted by Crippen LogP contribution is 2.41. The average Bonchev–Trinajstić information content (AvgIpc) is 2.47. The first-order valence-electron chi connectivity index (χ1n) is 5.91. The molecule has 0 N–H and O–H groups in total. The second-order valence-electron chi connectivity index (χ2n) is 4.74. The molecule has 1 aliphatic carbocycles. The van der Waals surface area contributed by atoms with Gasteiger partial charge in [-0.2, -0.15) is 0 Å². The Kier molecular flexibility index (Phi) is 4.37. The van der Waals surface area contributed by atoms with Crippen molar-refractivity contribution in [2.75, 3.05) is 6.61 Å². The van der Waals surface area contributed by atoms with Gasteiger partial charge in [-0.15, -0.1) is 0 Å². The van der Waals surface area contributed by atoms with Crippen molar-refractivity contribution in [1.29, 1.82) is 0 Å². The summed E-state index contributed by atoms with van der Waals surface area (Å²) in [7, 11) is 0. The van der Waals surface area contributed by atoms with Gasteiger partial charge in [-0.3, -0.25) is 4.79 Å². The van der Waals surface area contributed by atoms with Crippen LogP contribution in [0.2, 0.25) is 0 Å². The molecule has 0 aromatic rings. The van der Waals surface area contributed by atoms with Crippen molar-refractivity contribution in [2.24, 2.45) is 5.41 Å². The molecular formula is C13H22O2. The fourth-order valence-electron chi connectivity index (χ4n) is 1.98. The number of ether oxygens (including phenoxy) is 1. The van der Waals surface area contributed by atoms with E-state index in [0.29, 0.717) is 13.0 Å². The predicted molar refractivity (Wildman–Crippen MR) is 61.6 cm³/mol. The summed E-state index contributed by atoms with van der Waals surface area (Å²) in [6.07, 6.45) is 7.01. The standard InChI is InChI=1S/C13H22O2/c1-4-5-9-15-12(14)10-13(3)8-6-7-11(13)2/h7H,4-6,8-10H2,1-3H3. The number of esters is 1. The van der Waals surface area contributed by atoms with Crippen molar-refractivity contribution in [2.45, 2.75) is 52.9 Å². The third-order valence-electron chi connectivity index (χ3n) is 3.39. The summed E-state index contributed by atoms with van der Waals surface area (Å²) in [6.45, 7) is 6.95. The minimum absolute atomic E-state index is 0.0411. The summed E-state index contributed by atoms with van der Waals surface area (Å²) in [5, 5.41) is 0. The Bertz CT molecular complexity index is 255. The third kappa shape index (κ3) is 3.37. The van der Waals surface area contributed by atoms with Gasteiger partial charge in [0.25, 0.3) is 0 Å². The first-order chi connectivity index (χ1) is 7.08. The Morgan fingerprint density at radius 2 is 2.33 bits per heavy atom. The molecule has 0 saturated heterocycles. The van der Waals surface area contributed by atoms with Gasteiger partial charge in [0.1, 0.15) is 0 Å². The van der Waals surface area contributed by atoms with Crippen LogP contribution in [0, 0.1) is 5.41 Å². The van der Waals surface area contributed by atoms with Crippen molar-refractivity contribution < 1.29 is 9.53 Å². The van der Waals surface area contributed by atoms with Crippen molar-refractivity contribution in [3.8, 4) is 0 Å².